The molecule has 8 heteroatoms. The van der Waals surface area contributed by atoms with E-state index in [0.717, 1.165) is 0 Å². The molecule has 1 fully saturated rings. The lowest BCUT2D eigenvalue weighted by atomic mass is 10.1. The van der Waals surface area contributed by atoms with Crippen LogP contribution in [0.5, 0.6) is 0 Å². The molecular weight excluding hydrogens is 389 g/mol. The third-order valence-electron chi connectivity index (χ3n) is 4.78. The van der Waals surface area contributed by atoms with Gasteiger partial charge in [0.1, 0.15) is 10.0 Å². The fourth-order valence-corrected chi connectivity index (χ4v) is 3.58. The number of carbonyl (C=O) groups is 2. The number of hydrogen-bond donors (Lipinski definition) is 2. The second kappa shape index (κ2) is 6.25. The molecule has 0 bridgehead atoms. The van der Waals surface area contributed by atoms with Crippen molar-refractivity contribution in [3.05, 3.63) is 54.3 Å². The predicted molar refractivity (Wildman–Crippen MR) is 102 cm³/mol. The normalized spacial score (nSPS) is 20.3. The van der Waals surface area contributed by atoms with Gasteiger partial charge in [-0.1, -0.05) is 18.2 Å². The Bertz CT molecular complexity index is 1050. The monoisotopic (exact) mass is 403 g/mol. The van der Waals surface area contributed by atoms with Gasteiger partial charge in [0.15, 0.2) is 5.76 Å². The Balaban J connectivity index is 1.62. The first-order chi connectivity index (χ1) is 12.8. The Hall–Kier alpha value is -2.57. The Morgan fingerprint density at radius 1 is 1.15 bits per heavy atom. The summed E-state index contributed by atoms with van der Waals surface area (Å²) in [4.78, 5) is 29.5. The fraction of sp³-hybridized carbons (Fsp3) is 0.211. The maximum atomic E-state index is 12.7. The maximum Gasteiger partial charge on any atom is 0.270 e. The van der Waals surface area contributed by atoms with E-state index in [1.807, 2.05) is 12.1 Å². The molecule has 1 aliphatic rings. The maximum absolute atomic E-state index is 12.7. The first-order valence-electron chi connectivity index (χ1n) is 8.24. The van der Waals surface area contributed by atoms with Crippen LogP contribution in [0.2, 0.25) is 0 Å². The Kier molecular flexibility index (Phi) is 4.13. The zero-order valence-corrected chi connectivity index (χ0v) is 15.8. The molecule has 1 aliphatic carbocycles. The van der Waals surface area contributed by atoms with Gasteiger partial charge in [-0.05, 0) is 37.6 Å². The SMILES string of the molecule is CC1(C(=O)NNC(=O)c2cc(-c3ccco3)nc3ccccc23)CC1(Cl)Cl. The summed E-state index contributed by atoms with van der Waals surface area (Å²) in [6, 6.07) is 12.4. The lowest BCUT2D eigenvalue weighted by Gasteiger charge is -2.14. The zero-order valence-electron chi connectivity index (χ0n) is 14.3. The number of fused-ring (bicyclic) bond motifs is 1. The third-order valence-corrected chi connectivity index (χ3v) is 5.88. The number of benzene rings is 1. The third kappa shape index (κ3) is 3.05. The Labute approximate surface area is 164 Å². The van der Waals surface area contributed by atoms with Crippen molar-refractivity contribution >= 4 is 45.9 Å². The molecule has 0 spiro atoms. The number of furan rings is 1. The first kappa shape index (κ1) is 17.8. The molecule has 0 aliphatic heterocycles. The standard InChI is InChI=1S/C19H15Cl2N3O3/c1-18(10-19(18,20)21)17(26)24-23-16(25)12-9-14(15-7-4-8-27-15)22-13-6-3-2-5-11(12)13/h2-9H,10H2,1H3,(H,23,25)(H,24,26). The summed E-state index contributed by atoms with van der Waals surface area (Å²) < 4.78 is 4.27. The van der Waals surface area contributed by atoms with E-state index < -0.39 is 21.6 Å². The van der Waals surface area contributed by atoms with E-state index in [1.54, 1.807) is 37.3 Å². The summed E-state index contributed by atoms with van der Waals surface area (Å²) in [7, 11) is 0. The molecule has 1 saturated carbocycles. The van der Waals surface area contributed by atoms with Crippen molar-refractivity contribution in [2.75, 3.05) is 0 Å². The lowest BCUT2D eigenvalue weighted by molar-refractivity contribution is -0.126. The van der Waals surface area contributed by atoms with Crippen molar-refractivity contribution in [3.8, 4) is 11.5 Å². The van der Waals surface area contributed by atoms with Gasteiger partial charge in [0.05, 0.1) is 22.8 Å². The summed E-state index contributed by atoms with van der Waals surface area (Å²) in [5, 5.41) is 0.654. The van der Waals surface area contributed by atoms with Crippen molar-refractivity contribution in [2.24, 2.45) is 5.41 Å². The Morgan fingerprint density at radius 2 is 1.89 bits per heavy atom. The van der Waals surface area contributed by atoms with Crippen molar-refractivity contribution in [2.45, 2.75) is 17.7 Å². The van der Waals surface area contributed by atoms with E-state index in [-0.39, 0.29) is 0 Å². The van der Waals surface area contributed by atoms with Crippen LogP contribution in [-0.4, -0.2) is 21.1 Å². The number of hydrogen-bond acceptors (Lipinski definition) is 4. The van der Waals surface area contributed by atoms with Crippen molar-refractivity contribution in [3.63, 3.8) is 0 Å². The van der Waals surface area contributed by atoms with E-state index in [1.165, 1.54) is 6.26 Å². The molecule has 1 atom stereocenters. The number of halogens is 2. The van der Waals surface area contributed by atoms with Gasteiger partial charge in [-0.3, -0.25) is 20.4 Å². The lowest BCUT2D eigenvalue weighted by Crippen LogP contribution is -2.45. The van der Waals surface area contributed by atoms with Gasteiger partial charge >= 0.3 is 0 Å². The van der Waals surface area contributed by atoms with Gasteiger partial charge in [0.25, 0.3) is 5.91 Å². The minimum atomic E-state index is -1.11. The number of aromatic nitrogens is 1. The van der Waals surface area contributed by atoms with Gasteiger partial charge in [-0.15, -0.1) is 23.2 Å². The van der Waals surface area contributed by atoms with E-state index in [9.17, 15) is 9.59 Å². The van der Waals surface area contributed by atoms with E-state index in [4.69, 9.17) is 27.6 Å². The van der Waals surface area contributed by atoms with Crippen LogP contribution in [0.25, 0.3) is 22.4 Å². The fourth-order valence-electron chi connectivity index (χ4n) is 2.88. The summed E-state index contributed by atoms with van der Waals surface area (Å²) in [5.74, 6) is -0.377. The number of pyridine rings is 1. The molecule has 2 heterocycles. The van der Waals surface area contributed by atoms with Crippen LogP contribution in [0.1, 0.15) is 23.7 Å². The minimum absolute atomic E-state index is 0.325. The highest BCUT2D eigenvalue weighted by Gasteiger charge is 2.68. The van der Waals surface area contributed by atoms with Crippen molar-refractivity contribution in [1.29, 1.82) is 0 Å². The van der Waals surface area contributed by atoms with Crippen LogP contribution in [0.3, 0.4) is 0 Å². The van der Waals surface area contributed by atoms with E-state index in [2.05, 4.69) is 15.8 Å². The molecule has 2 aromatic heterocycles. The largest absolute Gasteiger partial charge is 0.463 e. The van der Waals surface area contributed by atoms with Gasteiger partial charge in [-0.25, -0.2) is 4.98 Å². The highest BCUT2D eigenvalue weighted by Crippen LogP contribution is 2.63. The average Bonchev–Trinajstić information content (AvgIpc) is 3.03. The number of carbonyl (C=O) groups excluding carboxylic acids is 2. The van der Waals surface area contributed by atoms with E-state index >= 15 is 0 Å². The second-order valence-corrected chi connectivity index (χ2v) is 8.16. The van der Waals surface area contributed by atoms with Crippen molar-refractivity contribution in [1.82, 2.24) is 15.8 Å². The van der Waals surface area contributed by atoms with Crippen LogP contribution < -0.4 is 10.9 Å². The molecule has 2 N–H and O–H groups in total. The number of nitrogens with zero attached hydrogens (tertiary/aromatic N) is 1. The zero-order chi connectivity index (χ0) is 19.2. The molecule has 2 amide bonds. The molecule has 4 rings (SSSR count). The first-order valence-corrected chi connectivity index (χ1v) is 9.00. The van der Waals surface area contributed by atoms with Crippen LogP contribution in [0, 0.1) is 5.41 Å². The van der Waals surface area contributed by atoms with Gasteiger partial charge < -0.3 is 4.42 Å². The van der Waals surface area contributed by atoms with Crippen LogP contribution >= 0.6 is 23.2 Å². The highest BCUT2D eigenvalue weighted by molar-refractivity contribution is 6.53. The topological polar surface area (TPSA) is 84.2 Å². The molecule has 138 valence electrons. The quantitative estimate of drug-likeness (QED) is 0.513. The number of para-hydroxylation sites is 1. The smallest absolute Gasteiger partial charge is 0.270 e. The van der Waals surface area contributed by atoms with Gasteiger partial charge in [0.2, 0.25) is 5.91 Å². The molecule has 27 heavy (non-hydrogen) atoms. The predicted octanol–water partition coefficient (Wildman–Crippen LogP) is 3.84. The highest BCUT2D eigenvalue weighted by atomic mass is 35.5. The second-order valence-electron chi connectivity index (χ2n) is 6.67. The molecule has 0 radical (unpaired) electrons. The van der Waals surface area contributed by atoms with Crippen LogP contribution in [-0.2, 0) is 4.79 Å². The summed E-state index contributed by atoms with van der Waals surface area (Å²) in [5.41, 5.74) is 5.43. The van der Waals surface area contributed by atoms with Gasteiger partial charge in [-0.2, -0.15) is 0 Å². The summed E-state index contributed by atoms with van der Waals surface area (Å²) in [6.45, 7) is 1.64. The summed E-state index contributed by atoms with van der Waals surface area (Å²) in [6.07, 6.45) is 1.86. The number of nitrogens with one attached hydrogen (secondary N) is 2. The molecule has 3 aromatic rings. The Morgan fingerprint density at radius 3 is 2.56 bits per heavy atom. The average molecular weight is 404 g/mol. The van der Waals surface area contributed by atoms with Crippen molar-refractivity contribution < 1.29 is 14.0 Å². The molecule has 1 unspecified atom stereocenters. The van der Waals surface area contributed by atoms with Gasteiger partial charge in [0, 0.05) is 5.39 Å². The number of alkyl halides is 2. The molecule has 1 aromatic carbocycles. The number of rotatable bonds is 3. The molecular formula is C19H15Cl2N3O3. The minimum Gasteiger partial charge on any atom is -0.463 e. The summed E-state index contributed by atoms with van der Waals surface area (Å²) >= 11 is 12.0. The van der Waals surface area contributed by atoms with Crippen LogP contribution in [0.15, 0.2) is 53.1 Å². The number of amides is 2. The molecule has 6 nitrogen and oxygen atoms in total. The van der Waals surface area contributed by atoms with Crippen LogP contribution in [0.4, 0.5) is 0 Å². The van der Waals surface area contributed by atoms with E-state index in [0.29, 0.717) is 34.3 Å². The molecule has 0 saturated heterocycles. The number of hydrazine groups is 1.